The van der Waals surface area contributed by atoms with Crippen LogP contribution in [-0.2, 0) is 11.3 Å². The Kier molecular flexibility index (Phi) is 3.72. The molecule has 3 rings (SSSR count). The molecular formula is C15H15FN4O2. The van der Waals surface area contributed by atoms with Crippen molar-refractivity contribution < 1.29 is 9.13 Å². The van der Waals surface area contributed by atoms with Crippen LogP contribution in [0.2, 0.25) is 0 Å². The summed E-state index contributed by atoms with van der Waals surface area (Å²) in [6.07, 6.45) is 1.60. The van der Waals surface area contributed by atoms with Crippen molar-refractivity contribution in [3.63, 3.8) is 0 Å². The summed E-state index contributed by atoms with van der Waals surface area (Å²) in [4.78, 5) is 12.6. The first-order valence-electron chi connectivity index (χ1n) is 6.82. The molecule has 1 aromatic carbocycles. The number of aromatic nitrogens is 4. The Labute approximate surface area is 125 Å². The van der Waals surface area contributed by atoms with Gasteiger partial charge in [0.25, 0.3) is 5.56 Å². The largest absolute Gasteiger partial charge is 0.383 e. The Morgan fingerprint density at radius 1 is 1.27 bits per heavy atom. The van der Waals surface area contributed by atoms with Crippen molar-refractivity contribution >= 4 is 10.9 Å². The highest BCUT2D eigenvalue weighted by Gasteiger charge is 2.14. The third kappa shape index (κ3) is 2.39. The second-order valence-electron chi connectivity index (χ2n) is 4.90. The van der Waals surface area contributed by atoms with Gasteiger partial charge < -0.3 is 4.74 Å². The lowest BCUT2D eigenvalue weighted by Gasteiger charge is -2.08. The molecule has 2 heterocycles. The van der Waals surface area contributed by atoms with Crippen LogP contribution in [0.4, 0.5) is 4.39 Å². The average molecular weight is 302 g/mol. The number of methoxy groups -OCH3 is 1. The van der Waals surface area contributed by atoms with E-state index in [0.29, 0.717) is 35.4 Å². The van der Waals surface area contributed by atoms with Gasteiger partial charge in [-0.1, -0.05) is 0 Å². The maximum Gasteiger partial charge on any atom is 0.293 e. The summed E-state index contributed by atoms with van der Waals surface area (Å²) in [6, 6.07) is 5.83. The molecule has 0 aliphatic rings. The number of hydrogen-bond acceptors (Lipinski definition) is 4. The molecule has 0 unspecified atom stereocenters. The minimum atomic E-state index is -0.337. The Morgan fingerprint density at radius 2 is 2.00 bits per heavy atom. The second-order valence-corrected chi connectivity index (χ2v) is 4.90. The van der Waals surface area contributed by atoms with Crippen LogP contribution in [0.1, 0.15) is 5.69 Å². The molecule has 0 radical (unpaired) electrons. The van der Waals surface area contributed by atoms with Gasteiger partial charge in [0.15, 0.2) is 0 Å². The van der Waals surface area contributed by atoms with Gasteiger partial charge in [-0.05, 0) is 31.2 Å². The van der Waals surface area contributed by atoms with E-state index in [4.69, 9.17) is 4.74 Å². The van der Waals surface area contributed by atoms with Crippen LogP contribution in [0.5, 0.6) is 0 Å². The molecule has 6 nitrogen and oxygen atoms in total. The molecule has 114 valence electrons. The number of hydrogen-bond donors (Lipinski definition) is 0. The molecule has 0 N–H and O–H groups in total. The summed E-state index contributed by atoms with van der Waals surface area (Å²) in [5.74, 6) is -0.337. The first-order valence-corrected chi connectivity index (χ1v) is 6.82. The zero-order valence-electron chi connectivity index (χ0n) is 12.3. The summed E-state index contributed by atoms with van der Waals surface area (Å²) in [7, 11) is 1.57. The van der Waals surface area contributed by atoms with Gasteiger partial charge in [0.1, 0.15) is 11.3 Å². The zero-order valence-corrected chi connectivity index (χ0v) is 12.3. The van der Waals surface area contributed by atoms with E-state index in [0.717, 1.165) is 0 Å². The molecule has 0 amide bonds. The topological polar surface area (TPSA) is 61.9 Å². The van der Waals surface area contributed by atoms with Gasteiger partial charge in [0.05, 0.1) is 30.7 Å². The van der Waals surface area contributed by atoms with Gasteiger partial charge in [0.2, 0.25) is 0 Å². The van der Waals surface area contributed by atoms with E-state index in [-0.39, 0.29) is 11.4 Å². The lowest BCUT2D eigenvalue weighted by Crippen LogP contribution is -2.27. The summed E-state index contributed by atoms with van der Waals surface area (Å²) in [5, 5.41) is 9.20. The van der Waals surface area contributed by atoms with E-state index in [1.165, 1.54) is 21.5 Å². The van der Waals surface area contributed by atoms with E-state index in [1.807, 2.05) is 6.92 Å². The molecule has 22 heavy (non-hydrogen) atoms. The monoisotopic (exact) mass is 302 g/mol. The minimum Gasteiger partial charge on any atom is -0.383 e. The van der Waals surface area contributed by atoms with Crippen molar-refractivity contribution in [1.29, 1.82) is 0 Å². The smallest absolute Gasteiger partial charge is 0.293 e. The molecule has 2 aromatic heterocycles. The molecule has 7 heteroatoms. The number of halogens is 1. The molecule has 0 atom stereocenters. The minimum absolute atomic E-state index is 0.250. The Hall–Kier alpha value is -2.54. The summed E-state index contributed by atoms with van der Waals surface area (Å²) in [6.45, 7) is 2.57. The molecule has 3 aromatic rings. The molecule has 0 saturated carbocycles. The highest BCUT2D eigenvalue weighted by atomic mass is 19.1. The first kappa shape index (κ1) is 14.4. The fraction of sp³-hybridized carbons (Fsp3) is 0.267. The van der Waals surface area contributed by atoms with Gasteiger partial charge in [0, 0.05) is 12.5 Å². The van der Waals surface area contributed by atoms with Crippen molar-refractivity contribution in [3.05, 3.63) is 52.3 Å². The van der Waals surface area contributed by atoms with E-state index in [2.05, 4.69) is 10.2 Å². The predicted octanol–water partition coefficient (Wildman–Crippen LogP) is 1.68. The average Bonchev–Trinajstić information content (AvgIpc) is 2.96. The van der Waals surface area contributed by atoms with Crippen LogP contribution < -0.4 is 5.56 Å². The highest BCUT2D eigenvalue weighted by Crippen LogP contribution is 2.17. The van der Waals surface area contributed by atoms with Crippen LogP contribution >= 0.6 is 0 Å². The van der Waals surface area contributed by atoms with Gasteiger partial charge >= 0.3 is 0 Å². The van der Waals surface area contributed by atoms with Gasteiger partial charge in [-0.15, -0.1) is 0 Å². The van der Waals surface area contributed by atoms with Crippen LogP contribution in [0.15, 0.2) is 35.3 Å². The Bertz CT molecular complexity index is 868. The number of ether oxygens (including phenoxy) is 1. The van der Waals surface area contributed by atoms with Gasteiger partial charge in [-0.2, -0.15) is 10.2 Å². The molecule has 0 saturated heterocycles. The molecule has 0 aliphatic carbocycles. The maximum absolute atomic E-state index is 13.1. The van der Waals surface area contributed by atoms with E-state index >= 15 is 0 Å². The molecule has 0 aliphatic heterocycles. The van der Waals surface area contributed by atoms with E-state index in [1.54, 1.807) is 25.4 Å². The molecule has 0 fully saturated rings. The summed E-state index contributed by atoms with van der Waals surface area (Å²) in [5.41, 5.74) is 1.51. The second kappa shape index (κ2) is 5.69. The van der Waals surface area contributed by atoms with Crippen molar-refractivity contribution in [2.45, 2.75) is 13.5 Å². The van der Waals surface area contributed by atoms with Crippen molar-refractivity contribution in [1.82, 2.24) is 19.6 Å². The molecular weight excluding hydrogens is 287 g/mol. The molecule has 0 spiro atoms. The number of rotatable bonds is 4. The summed E-state index contributed by atoms with van der Waals surface area (Å²) >= 11 is 0. The van der Waals surface area contributed by atoms with Crippen LogP contribution in [-0.4, -0.2) is 33.3 Å². The molecule has 0 bridgehead atoms. The Morgan fingerprint density at radius 3 is 2.68 bits per heavy atom. The maximum atomic E-state index is 13.1. The van der Waals surface area contributed by atoms with Crippen LogP contribution in [0.25, 0.3) is 16.6 Å². The number of benzene rings is 1. The summed E-state index contributed by atoms with van der Waals surface area (Å²) < 4.78 is 20.9. The van der Waals surface area contributed by atoms with Gasteiger partial charge in [-0.3, -0.25) is 4.79 Å². The lowest BCUT2D eigenvalue weighted by atomic mass is 10.2. The lowest BCUT2D eigenvalue weighted by molar-refractivity contribution is 0.182. The third-order valence-corrected chi connectivity index (χ3v) is 3.45. The normalized spacial score (nSPS) is 11.2. The SMILES string of the molecule is COCCn1nc(C)c2cnn(-c3ccc(F)cc3)c2c1=O. The van der Waals surface area contributed by atoms with E-state index < -0.39 is 0 Å². The van der Waals surface area contributed by atoms with Gasteiger partial charge in [-0.25, -0.2) is 13.8 Å². The van der Waals surface area contributed by atoms with E-state index in [9.17, 15) is 9.18 Å². The quantitative estimate of drug-likeness (QED) is 0.735. The van der Waals surface area contributed by atoms with Crippen molar-refractivity contribution in [3.8, 4) is 5.69 Å². The number of aryl methyl sites for hydroxylation is 1. The number of nitrogens with zero attached hydrogens (tertiary/aromatic N) is 4. The number of fused-ring (bicyclic) bond motifs is 1. The fourth-order valence-corrected chi connectivity index (χ4v) is 2.33. The van der Waals surface area contributed by atoms with Crippen LogP contribution in [0, 0.1) is 12.7 Å². The van der Waals surface area contributed by atoms with Crippen molar-refractivity contribution in [2.24, 2.45) is 0 Å². The Balaban J connectivity index is 2.22. The first-order chi connectivity index (χ1) is 10.6. The predicted molar refractivity (Wildman–Crippen MR) is 79.7 cm³/mol. The highest BCUT2D eigenvalue weighted by molar-refractivity contribution is 5.81. The standard InChI is InChI=1S/C15H15FN4O2/c1-10-13-9-17-20(12-5-3-11(16)4-6-12)14(13)15(21)19(18-10)7-8-22-2/h3-6,9H,7-8H2,1-2H3. The third-order valence-electron chi connectivity index (χ3n) is 3.45. The zero-order chi connectivity index (χ0) is 15.7. The van der Waals surface area contributed by atoms with Crippen LogP contribution in [0.3, 0.4) is 0 Å². The fourth-order valence-electron chi connectivity index (χ4n) is 2.33. The van der Waals surface area contributed by atoms with Crippen molar-refractivity contribution in [2.75, 3.05) is 13.7 Å².